The van der Waals surface area contributed by atoms with Crippen LogP contribution in [0, 0.1) is 0 Å². The lowest BCUT2D eigenvalue weighted by Gasteiger charge is -2.47. The van der Waals surface area contributed by atoms with Crippen LogP contribution in [0.2, 0.25) is 0 Å². The molecule has 0 saturated carbocycles. The molecule has 2 aliphatic rings. The van der Waals surface area contributed by atoms with Gasteiger partial charge in [-0.15, -0.1) is 0 Å². The van der Waals surface area contributed by atoms with Crippen LogP contribution in [-0.2, 0) is 23.7 Å². The van der Waals surface area contributed by atoms with E-state index in [0.717, 1.165) is 0 Å². The van der Waals surface area contributed by atoms with E-state index >= 15 is 0 Å². The molecule has 11 heteroatoms. The number of rotatable bonds is 6. The Labute approximate surface area is 156 Å². The van der Waals surface area contributed by atoms with Crippen LogP contribution >= 0.6 is 0 Å². The van der Waals surface area contributed by atoms with Crippen molar-refractivity contribution < 1.29 is 49.3 Å². The van der Waals surface area contributed by atoms with Crippen LogP contribution in [0.4, 0.5) is 0 Å². The Morgan fingerprint density at radius 2 is 1.59 bits per heavy atom. The molecule has 0 aromatic heterocycles. The van der Waals surface area contributed by atoms with Gasteiger partial charge in [0.15, 0.2) is 6.29 Å². The number of hydrogen-bond acceptors (Lipinski definition) is 10. The monoisotopic (exact) mass is 395 g/mol. The summed E-state index contributed by atoms with van der Waals surface area (Å²) in [6, 6.07) is -0.818. The topological polar surface area (TPSA) is 167 Å². The molecule has 158 valence electrons. The highest BCUT2D eigenvalue weighted by molar-refractivity contribution is 5.73. The van der Waals surface area contributed by atoms with Crippen LogP contribution in [0.1, 0.15) is 13.8 Å². The second kappa shape index (κ2) is 9.54. The van der Waals surface area contributed by atoms with E-state index < -0.39 is 74.4 Å². The number of carbonyl (C=O) groups is 1. The van der Waals surface area contributed by atoms with Gasteiger partial charge >= 0.3 is 0 Å². The summed E-state index contributed by atoms with van der Waals surface area (Å²) in [5, 5.41) is 52.7. The quantitative estimate of drug-likeness (QED) is 0.265. The average molecular weight is 395 g/mol. The van der Waals surface area contributed by atoms with Crippen molar-refractivity contribution in [1.29, 1.82) is 0 Å². The molecule has 0 bridgehead atoms. The average Bonchev–Trinajstić information content (AvgIpc) is 2.63. The fraction of sp³-hybridized carbons (Fsp3) is 0.938. The van der Waals surface area contributed by atoms with Gasteiger partial charge < -0.3 is 49.8 Å². The second-order valence-electron chi connectivity index (χ2n) is 6.79. The standard InChI is InChI=1S/C16H29NO10/c1-6-10(17-7(2)20)11(21)15(9(5-19)25-6)27-16-13(23)12(22)14(24-3)8(4-18)26-16/h6,8-16,18-19,21-23H,4-5H2,1-3H3,(H,17,20)/t6-,8?,9-,10?,11?,12+,13?,14+,15+,16-/m0/s1. The molecule has 11 nitrogen and oxygen atoms in total. The number of amides is 1. The molecule has 0 radical (unpaired) electrons. The molecule has 2 heterocycles. The molecule has 0 aromatic carbocycles. The zero-order valence-electron chi connectivity index (χ0n) is 15.5. The van der Waals surface area contributed by atoms with Gasteiger partial charge in [-0.1, -0.05) is 0 Å². The minimum atomic E-state index is -1.54. The molecule has 0 aliphatic carbocycles. The Hall–Kier alpha value is -0.890. The van der Waals surface area contributed by atoms with Gasteiger partial charge in [-0.2, -0.15) is 0 Å². The third-order valence-corrected chi connectivity index (χ3v) is 4.90. The molecule has 1 amide bonds. The van der Waals surface area contributed by atoms with Gasteiger partial charge in [0.25, 0.3) is 0 Å². The summed E-state index contributed by atoms with van der Waals surface area (Å²) in [4.78, 5) is 11.4. The van der Waals surface area contributed by atoms with E-state index in [0.29, 0.717) is 0 Å². The van der Waals surface area contributed by atoms with Crippen molar-refractivity contribution in [3.63, 3.8) is 0 Å². The van der Waals surface area contributed by atoms with Crippen molar-refractivity contribution in [2.75, 3.05) is 20.3 Å². The van der Waals surface area contributed by atoms with Crippen molar-refractivity contribution in [3.05, 3.63) is 0 Å². The van der Waals surface area contributed by atoms with Crippen molar-refractivity contribution in [3.8, 4) is 0 Å². The summed E-state index contributed by atoms with van der Waals surface area (Å²) in [6.45, 7) is 1.92. The van der Waals surface area contributed by atoms with Crippen LogP contribution < -0.4 is 5.32 Å². The summed E-state index contributed by atoms with van der Waals surface area (Å²) in [5.74, 6) is -0.386. The van der Waals surface area contributed by atoms with Gasteiger partial charge in [0.05, 0.1) is 25.4 Å². The first-order valence-corrected chi connectivity index (χ1v) is 8.77. The Kier molecular flexibility index (Phi) is 7.92. The molecule has 2 fully saturated rings. The summed E-state index contributed by atoms with van der Waals surface area (Å²) in [7, 11) is 1.30. The maximum absolute atomic E-state index is 11.4. The molecular formula is C16H29NO10. The lowest BCUT2D eigenvalue weighted by atomic mass is 9.92. The van der Waals surface area contributed by atoms with Crippen LogP contribution in [0.3, 0.4) is 0 Å². The predicted octanol–water partition coefficient (Wildman–Crippen LogP) is -3.53. The molecule has 2 saturated heterocycles. The summed E-state index contributed by atoms with van der Waals surface area (Å²) in [5.41, 5.74) is 0. The smallest absolute Gasteiger partial charge is 0.217 e. The number of aliphatic hydroxyl groups excluding tert-OH is 5. The van der Waals surface area contributed by atoms with Crippen molar-refractivity contribution >= 4 is 5.91 Å². The van der Waals surface area contributed by atoms with E-state index in [1.165, 1.54) is 14.0 Å². The number of methoxy groups -OCH3 is 1. The number of nitrogens with one attached hydrogen (secondary N) is 1. The predicted molar refractivity (Wildman–Crippen MR) is 88.5 cm³/mol. The molecule has 0 spiro atoms. The summed E-state index contributed by atoms with van der Waals surface area (Å²) >= 11 is 0. The zero-order chi connectivity index (χ0) is 20.3. The second-order valence-corrected chi connectivity index (χ2v) is 6.79. The van der Waals surface area contributed by atoms with E-state index in [-0.39, 0.29) is 5.91 Å². The van der Waals surface area contributed by atoms with Crippen LogP contribution in [-0.4, -0.2) is 113 Å². The van der Waals surface area contributed by atoms with E-state index in [2.05, 4.69) is 5.32 Å². The van der Waals surface area contributed by atoms with E-state index in [1.807, 2.05) is 0 Å². The molecule has 0 aromatic rings. The van der Waals surface area contributed by atoms with E-state index in [1.54, 1.807) is 6.92 Å². The van der Waals surface area contributed by atoms with Crippen LogP contribution in [0.5, 0.6) is 0 Å². The van der Waals surface area contributed by atoms with Crippen molar-refractivity contribution in [2.24, 2.45) is 0 Å². The van der Waals surface area contributed by atoms with Gasteiger partial charge in [0, 0.05) is 14.0 Å². The molecule has 6 N–H and O–H groups in total. The molecule has 10 atom stereocenters. The van der Waals surface area contributed by atoms with Gasteiger partial charge in [0.1, 0.15) is 42.7 Å². The van der Waals surface area contributed by atoms with E-state index in [4.69, 9.17) is 18.9 Å². The Bertz CT molecular complexity index is 492. The maximum atomic E-state index is 11.4. The summed E-state index contributed by atoms with van der Waals surface area (Å²) < 4.78 is 21.7. The molecule has 2 aliphatic heterocycles. The van der Waals surface area contributed by atoms with Gasteiger partial charge in [0.2, 0.25) is 5.91 Å². The zero-order valence-corrected chi connectivity index (χ0v) is 15.5. The van der Waals surface area contributed by atoms with Gasteiger partial charge in [-0.3, -0.25) is 4.79 Å². The van der Waals surface area contributed by atoms with Crippen LogP contribution in [0.25, 0.3) is 0 Å². The Balaban J connectivity index is 2.17. The normalized spacial score (nSPS) is 45.5. The first kappa shape index (κ1) is 22.4. The van der Waals surface area contributed by atoms with Gasteiger partial charge in [-0.25, -0.2) is 0 Å². The Morgan fingerprint density at radius 3 is 2.11 bits per heavy atom. The molecular weight excluding hydrogens is 366 g/mol. The third-order valence-electron chi connectivity index (χ3n) is 4.90. The number of hydrogen-bond donors (Lipinski definition) is 6. The van der Waals surface area contributed by atoms with E-state index in [9.17, 15) is 30.3 Å². The number of carbonyl (C=O) groups excluding carboxylic acids is 1. The van der Waals surface area contributed by atoms with Crippen molar-refractivity contribution in [1.82, 2.24) is 5.32 Å². The largest absolute Gasteiger partial charge is 0.394 e. The highest BCUT2D eigenvalue weighted by atomic mass is 16.7. The van der Waals surface area contributed by atoms with Gasteiger partial charge in [-0.05, 0) is 6.92 Å². The molecule has 2 rings (SSSR count). The minimum absolute atomic E-state index is 0.386. The fourth-order valence-electron chi connectivity index (χ4n) is 3.50. The minimum Gasteiger partial charge on any atom is -0.394 e. The van der Waals surface area contributed by atoms with Crippen molar-refractivity contribution in [2.45, 2.75) is 75.0 Å². The number of aliphatic hydroxyl groups is 5. The fourth-order valence-corrected chi connectivity index (χ4v) is 3.50. The summed E-state index contributed by atoms with van der Waals surface area (Å²) in [6.07, 6.45) is -10.3. The SMILES string of the molecule is CO[C@@H]1C(CO)O[C@@H](O[C@H]2C(O)C(NC(C)=O)[C@H](C)O[C@H]2CO)C(O)[C@H]1O. The Morgan fingerprint density at radius 1 is 1.00 bits per heavy atom. The molecule has 27 heavy (non-hydrogen) atoms. The van der Waals surface area contributed by atoms with Crippen LogP contribution in [0.15, 0.2) is 0 Å². The highest BCUT2D eigenvalue weighted by Gasteiger charge is 2.50. The lowest BCUT2D eigenvalue weighted by molar-refractivity contribution is -0.337. The first-order chi connectivity index (χ1) is 12.7. The number of ether oxygens (including phenoxy) is 4. The maximum Gasteiger partial charge on any atom is 0.217 e. The first-order valence-electron chi connectivity index (χ1n) is 8.77. The third kappa shape index (κ3) is 4.75. The molecule has 4 unspecified atom stereocenters. The lowest BCUT2D eigenvalue weighted by Crippen LogP contribution is -2.66. The highest BCUT2D eigenvalue weighted by Crippen LogP contribution is 2.29.